The summed E-state index contributed by atoms with van der Waals surface area (Å²) in [6, 6.07) is 5.02. The molecule has 0 bridgehead atoms. The Morgan fingerprint density at radius 2 is 2.25 bits per heavy atom. The Balaban J connectivity index is 2.26. The molecule has 2 aromatic heterocycles. The highest BCUT2D eigenvalue weighted by atomic mass is 16.3. The highest BCUT2D eigenvalue weighted by Gasteiger charge is 2.16. The van der Waals surface area contributed by atoms with Crippen molar-refractivity contribution in [1.29, 1.82) is 0 Å². The molecule has 0 unspecified atom stereocenters. The van der Waals surface area contributed by atoms with Gasteiger partial charge in [0.2, 0.25) is 5.88 Å². The monoisotopic (exact) mass is 217 g/mol. The molecule has 0 saturated heterocycles. The molecule has 0 aliphatic rings. The van der Waals surface area contributed by atoms with Gasteiger partial charge >= 0.3 is 0 Å². The molecule has 2 rings (SSSR count). The molecule has 2 aromatic rings. The van der Waals surface area contributed by atoms with Crippen LogP contribution in [0, 0.1) is 6.92 Å². The minimum Gasteiger partial charge on any atom is -0.448 e. The van der Waals surface area contributed by atoms with E-state index in [9.17, 15) is 4.79 Å². The van der Waals surface area contributed by atoms with Crippen LogP contribution in [-0.2, 0) is 0 Å². The van der Waals surface area contributed by atoms with E-state index in [4.69, 9.17) is 4.42 Å². The first kappa shape index (κ1) is 10.4. The quantitative estimate of drug-likeness (QED) is 0.767. The maximum absolute atomic E-state index is 12.0. The molecule has 0 aliphatic heterocycles. The molecule has 1 amide bonds. The zero-order valence-corrected chi connectivity index (χ0v) is 9.04. The van der Waals surface area contributed by atoms with Crippen molar-refractivity contribution < 1.29 is 9.21 Å². The normalized spacial score (nSPS) is 10.1. The number of aryl methyl sites for hydroxylation is 1. The molecule has 82 valence electrons. The SMILES string of the molecule is Cc1nccc(C(=O)N(C)c2ccco2)n1. The largest absolute Gasteiger partial charge is 0.448 e. The number of nitrogens with zero attached hydrogens (tertiary/aromatic N) is 3. The van der Waals surface area contributed by atoms with E-state index in [1.807, 2.05) is 0 Å². The van der Waals surface area contributed by atoms with Crippen LogP contribution in [0.15, 0.2) is 35.1 Å². The third-order valence-corrected chi connectivity index (χ3v) is 2.14. The molecule has 5 nitrogen and oxygen atoms in total. The molecule has 0 atom stereocenters. The average molecular weight is 217 g/mol. The molecule has 5 heteroatoms. The summed E-state index contributed by atoms with van der Waals surface area (Å²) in [7, 11) is 1.64. The number of hydrogen-bond donors (Lipinski definition) is 0. The Morgan fingerprint density at radius 3 is 2.88 bits per heavy atom. The van der Waals surface area contributed by atoms with Crippen LogP contribution in [0.2, 0.25) is 0 Å². The van der Waals surface area contributed by atoms with Crippen LogP contribution in [0.3, 0.4) is 0 Å². The first-order valence-corrected chi connectivity index (χ1v) is 4.79. The van der Waals surface area contributed by atoms with E-state index in [-0.39, 0.29) is 5.91 Å². The van der Waals surface area contributed by atoms with Crippen molar-refractivity contribution in [1.82, 2.24) is 9.97 Å². The molecular formula is C11H11N3O2. The van der Waals surface area contributed by atoms with Gasteiger partial charge in [0, 0.05) is 19.3 Å². The topological polar surface area (TPSA) is 59.2 Å². The van der Waals surface area contributed by atoms with Gasteiger partial charge in [0.1, 0.15) is 11.5 Å². The van der Waals surface area contributed by atoms with Gasteiger partial charge in [-0.15, -0.1) is 0 Å². The maximum Gasteiger partial charge on any atom is 0.279 e. The maximum atomic E-state index is 12.0. The lowest BCUT2D eigenvalue weighted by molar-refractivity contribution is 0.0984. The van der Waals surface area contributed by atoms with Crippen LogP contribution in [0.4, 0.5) is 5.88 Å². The molecular weight excluding hydrogens is 206 g/mol. The van der Waals surface area contributed by atoms with E-state index in [1.54, 1.807) is 38.4 Å². The van der Waals surface area contributed by atoms with Crippen molar-refractivity contribution in [2.45, 2.75) is 6.92 Å². The molecule has 16 heavy (non-hydrogen) atoms. The standard InChI is InChI=1S/C11H11N3O2/c1-8-12-6-5-9(13-8)11(15)14(2)10-4-3-7-16-10/h3-7H,1-2H3. The molecule has 0 N–H and O–H groups in total. The molecule has 2 heterocycles. The Kier molecular flexibility index (Phi) is 2.68. The van der Waals surface area contributed by atoms with Crippen molar-refractivity contribution in [2.75, 3.05) is 11.9 Å². The summed E-state index contributed by atoms with van der Waals surface area (Å²) in [4.78, 5) is 21.4. The zero-order chi connectivity index (χ0) is 11.5. The Labute approximate surface area is 92.7 Å². The van der Waals surface area contributed by atoms with Crippen molar-refractivity contribution in [3.8, 4) is 0 Å². The van der Waals surface area contributed by atoms with Gasteiger partial charge in [-0.2, -0.15) is 0 Å². The first-order valence-electron chi connectivity index (χ1n) is 4.79. The second kappa shape index (κ2) is 4.14. The highest BCUT2D eigenvalue weighted by Crippen LogP contribution is 2.14. The third kappa shape index (κ3) is 1.93. The van der Waals surface area contributed by atoms with Crippen molar-refractivity contribution >= 4 is 11.8 Å². The number of amides is 1. The molecule has 0 fully saturated rings. The lowest BCUT2D eigenvalue weighted by Gasteiger charge is -2.12. The summed E-state index contributed by atoms with van der Waals surface area (Å²) in [6.07, 6.45) is 3.08. The summed E-state index contributed by atoms with van der Waals surface area (Å²) in [5.41, 5.74) is 0.353. The molecule has 0 aliphatic carbocycles. The van der Waals surface area contributed by atoms with Gasteiger partial charge in [-0.1, -0.05) is 0 Å². The van der Waals surface area contributed by atoms with E-state index in [0.29, 0.717) is 17.4 Å². The second-order valence-electron chi connectivity index (χ2n) is 3.30. The van der Waals surface area contributed by atoms with Crippen LogP contribution in [0.1, 0.15) is 16.3 Å². The van der Waals surface area contributed by atoms with E-state index < -0.39 is 0 Å². The predicted molar refractivity (Wildman–Crippen MR) is 58.2 cm³/mol. The van der Waals surface area contributed by atoms with Crippen LogP contribution < -0.4 is 4.90 Å². The number of hydrogen-bond acceptors (Lipinski definition) is 4. The van der Waals surface area contributed by atoms with Gasteiger partial charge in [-0.25, -0.2) is 9.97 Å². The third-order valence-electron chi connectivity index (χ3n) is 2.14. The predicted octanol–water partition coefficient (Wildman–Crippen LogP) is 1.65. The number of rotatable bonds is 2. The van der Waals surface area contributed by atoms with Gasteiger partial charge < -0.3 is 4.42 Å². The van der Waals surface area contributed by atoms with E-state index in [2.05, 4.69) is 9.97 Å². The summed E-state index contributed by atoms with van der Waals surface area (Å²) in [5.74, 6) is 0.834. The first-order chi connectivity index (χ1) is 7.68. The fourth-order valence-corrected chi connectivity index (χ4v) is 1.31. The number of furan rings is 1. The summed E-state index contributed by atoms with van der Waals surface area (Å²) < 4.78 is 5.13. The molecule has 0 spiro atoms. The minimum atomic E-state index is -0.222. The fourth-order valence-electron chi connectivity index (χ4n) is 1.31. The van der Waals surface area contributed by atoms with Crippen molar-refractivity contribution in [2.24, 2.45) is 0 Å². The van der Waals surface area contributed by atoms with Crippen LogP contribution in [0.5, 0.6) is 0 Å². The summed E-state index contributed by atoms with van der Waals surface area (Å²) in [6.45, 7) is 1.74. The van der Waals surface area contributed by atoms with Crippen molar-refractivity contribution in [3.05, 3.63) is 42.2 Å². The Hall–Kier alpha value is -2.17. The average Bonchev–Trinajstić information content (AvgIpc) is 2.80. The Morgan fingerprint density at radius 1 is 1.44 bits per heavy atom. The molecule has 0 saturated carbocycles. The van der Waals surface area contributed by atoms with Gasteiger partial charge in [0.25, 0.3) is 5.91 Å². The molecule has 0 aromatic carbocycles. The van der Waals surface area contributed by atoms with Gasteiger partial charge in [-0.3, -0.25) is 9.69 Å². The lowest BCUT2D eigenvalue weighted by Crippen LogP contribution is -2.26. The van der Waals surface area contributed by atoms with E-state index >= 15 is 0 Å². The number of carbonyl (C=O) groups is 1. The van der Waals surface area contributed by atoms with E-state index in [1.165, 1.54) is 11.2 Å². The van der Waals surface area contributed by atoms with Crippen LogP contribution in [0.25, 0.3) is 0 Å². The van der Waals surface area contributed by atoms with Crippen LogP contribution >= 0.6 is 0 Å². The minimum absolute atomic E-state index is 0.222. The van der Waals surface area contributed by atoms with Gasteiger partial charge in [0.15, 0.2) is 0 Å². The highest BCUT2D eigenvalue weighted by molar-refractivity contribution is 6.03. The smallest absolute Gasteiger partial charge is 0.279 e. The number of aromatic nitrogens is 2. The number of anilines is 1. The fraction of sp³-hybridized carbons (Fsp3) is 0.182. The Bertz CT molecular complexity index is 494. The van der Waals surface area contributed by atoms with Gasteiger partial charge in [0.05, 0.1) is 6.26 Å². The zero-order valence-electron chi connectivity index (χ0n) is 9.04. The number of carbonyl (C=O) groups excluding carboxylic acids is 1. The second-order valence-corrected chi connectivity index (χ2v) is 3.30. The van der Waals surface area contributed by atoms with E-state index in [0.717, 1.165) is 0 Å². The van der Waals surface area contributed by atoms with Crippen LogP contribution in [-0.4, -0.2) is 22.9 Å². The lowest BCUT2D eigenvalue weighted by atomic mass is 10.3. The summed E-state index contributed by atoms with van der Waals surface area (Å²) in [5, 5.41) is 0. The molecule has 0 radical (unpaired) electrons. The van der Waals surface area contributed by atoms with Crippen molar-refractivity contribution in [3.63, 3.8) is 0 Å². The summed E-state index contributed by atoms with van der Waals surface area (Å²) >= 11 is 0. The van der Waals surface area contributed by atoms with Gasteiger partial charge in [-0.05, 0) is 19.1 Å².